The van der Waals surface area contributed by atoms with E-state index in [4.69, 9.17) is 4.43 Å². The summed E-state index contributed by atoms with van der Waals surface area (Å²) in [6.45, 7) is 18.7. The second-order valence-corrected chi connectivity index (χ2v) is 20.0. The highest BCUT2D eigenvalue weighted by Crippen LogP contribution is 2.39. The summed E-state index contributed by atoms with van der Waals surface area (Å²) < 4.78 is 6.35. The SMILES string of the molecule is CC(C)(C)[Si](C)(C)O/C=C\C[Si](c1ccccc1)(c1ccccc1)C(C)(C)C. The summed E-state index contributed by atoms with van der Waals surface area (Å²) >= 11 is 0. The lowest BCUT2D eigenvalue weighted by molar-refractivity contribution is 0.429. The molecular weight excluding hydrogens is 372 g/mol. The lowest BCUT2D eigenvalue weighted by atomic mass is 10.2. The molecule has 152 valence electrons. The third-order valence-electron chi connectivity index (χ3n) is 6.50. The molecule has 0 atom stereocenters. The predicted molar refractivity (Wildman–Crippen MR) is 130 cm³/mol. The molecule has 28 heavy (non-hydrogen) atoms. The monoisotopic (exact) mass is 410 g/mol. The van der Waals surface area contributed by atoms with Crippen LogP contribution < -0.4 is 10.4 Å². The van der Waals surface area contributed by atoms with E-state index in [9.17, 15) is 0 Å². The molecule has 2 aromatic rings. The van der Waals surface area contributed by atoms with E-state index in [1.54, 1.807) is 0 Å². The molecule has 0 saturated heterocycles. The Balaban J connectivity index is 2.47. The van der Waals surface area contributed by atoms with Gasteiger partial charge in [-0.2, -0.15) is 0 Å². The Morgan fingerprint density at radius 1 is 0.714 bits per heavy atom. The lowest BCUT2D eigenvalue weighted by Gasteiger charge is -2.44. The van der Waals surface area contributed by atoms with E-state index in [0.29, 0.717) is 0 Å². The number of allylic oxidation sites excluding steroid dienone is 1. The molecule has 1 nitrogen and oxygen atoms in total. The molecule has 0 fully saturated rings. The molecule has 0 aliphatic heterocycles. The van der Waals surface area contributed by atoms with Crippen LogP contribution in [-0.4, -0.2) is 16.4 Å². The highest BCUT2D eigenvalue weighted by molar-refractivity contribution is 7.04. The Kier molecular flexibility index (Phi) is 6.83. The van der Waals surface area contributed by atoms with Crippen LogP contribution in [0.4, 0.5) is 0 Å². The van der Waals surface area contributed by atoms with Crippen molar-refractivity contribution in [2.75, 3.05) is 0 Å². The largest absolute Gasteiger partial charge is 0.549 e. The first-order chi connectivity index (χ1) is 12.9. The van der Waals surface area contributed by atoms with E-state index in [1.165, 1.54) is 10.4 Å². The highest BCUT2D eigenvalue weighted by Gasteiger charge is 2.46. The first-order valence-corrected chi connectivity index (χ1v) is 15.5. The summed E-state index contributed by atoms with van der Waals surface area (Å²) in [6.07, 6.45) is 4.31. The van der Waals surface area contributed by atoms with E-state index in [-0.39, 0.29) is 10.1 Å². The predicted octanol–water partition coefficient (Wildman–Crippen LogP) is 6.59. The third kappa shape index (κ3) is 4.69. The minimum absolute atomic E-state index is 0.178. The summed E-state index contributed by atoms with van der Waals surface area (Å²) in [5.74, 6) is 0. The fourth-order valence-electron chi connectivity index (χ4n) is 3.64. The molecule has 0 N–H and O–H groups in total. The van der Waals surface area contributed by atoms with Crippen molar-refractivity contribution in [1.29, 1.82) is 0 Å². The van der Waals surface area contributed by atoms with Gasteiger partial charge >= 0.3 is 0 Å². The van der Waals surface area contributed by atoms with Crippen LogP contribution in [0.3, 0.4) is 0 Å². The lowest BCUT2D eigenvalue weighted by Crippen LogP contribution is -2.63. The maximum atomic E-state index is 6.35. The van der Waals surface area contributed by atoms with Crippen LogP contribution in [0.1, 0.15) is 41.5 Å². The van der Waals surface area contributed by atoms with E-state index >= 15 is 0 Å². The van der Waals surface area contributed by atoms with Crippen LogP contribution in [0.25, 0.3) is 0 Å². The first-order valence-electron chi connectivity index (χ1n) is 10.4. The quantitative estimate of drug-likeness (QED) is 0.386. The number of hydrogen-bond donors (Lipinski definition) is 0. The van der Waals surface area contributed by atoms with Gasteiger partial charge in [-0.25, -0.2) is 0 Å². The van der Waals surface area contributed by atoms with Crippen LogP contribution in [0.2, 0.25) is 29.2 Å². The molecule has 0 aliphatic rings. The zero-order valence-electron chi connectivity index (χ0n) is 19.0. The van der Waals surface area contributed by atoms with Gasteiger partial charge < -0.3 is 4.43 Å². The molecule has 0 aromatic heterocycles. The number of rotatable bonds is 6. The van der Waals surface area contributed by atoms with Crippen molar-refractivity contribution in [2.45, 2.75) is 70.8 Å². The average Bonchev–Trinajstić information content (AvgIpc) is 2.61. The van der Waals surface area contributed by atoms with Crippen molar-refractivity contribution in [1.82, 2.24) is 0 Å². The fraction of sp³-hybridized carbons (Fsp3) is 0.440. The second-order valence-electron chi connectivity index (χ2n) is 10.3. The first kappa shape index (κ1) is 22.7. The minimum Gasteiger partial charge on any atom is -0.549 e. The van der Waals surface area contributed by atoms with Crippen molar-refractivity contribution in [3.8, 4) is 0 Å². The van der Waals surface area contributed by atoms with Gasteiger partial charge in [0.1, 0.15) is 8.07 Å². The zero-order chi connectivity index (χ0) is 21.1. The van der Waals surface area contributed by atoms with Gasteiger partial charge in [0.2, 0.25) is 8.32 Å². The number of hydrogen-bond acceptors (Lipinski definition) is 1. The summed E-state index contributed by atoms with van der Waals surface area (Å²) in [4.78, 5) is 0. The van der Waals surface area contributed by atoms with Crippen LogP contribution in [0.15, 0.2) is 73.0 Å². The van der Waals surface area contributed by atoms with Gasteiger partial charge in [-0.05, 0) is 29.2 Å². The number of benzene rings is 2. The summed E-state index contributed by atoms with van der Waals surface area (Å²) in [7, 11) is -3.82. The van der Waals surface area contributed by atoms with Gasteiger partial charge in [-0.3, -0.25) is 0 Å². The Hall–Kier alpha value is -1.59. The van der Waals surface area contributed by atoms with Gasteiger partial charge in [0.25, 0.3) is 0 Å². The molecule has 0 unspecified atom stereocenters. The van der Waals surface area contributed by atoms with Gasteiger partial charge in [0, 0.05) is 0 Å². The molecule has 0 heterocycles. The van der Waals surface area contributed by atoms with Crippen molar-refractivity contribution >= 4 is 26.8 Å². The van der Waals surface area contributed by atoms with Crippen LogP contribution >= 0.6 is 0 Å². The molecule has 0 bridgehead atoms. The van der Waals surface area contributed by atoms with Gasteiger partial charge in [0.05, 0.1) is 6.26 Å². The van der Waals surface area contributed by atoms with Gasteiger partial charge in [-0.15, -0.1) is 0 Å². The minimum atomic E-state index is -2.04. The van der Waals surface area contributed by atoms with E-state index in [0.717, 1.165) is 6.04 Å². The Morgan fingerprint density at radius 3 is 1.50 bits per heavy atom. The Morgan fingerprint density at radius 2 is 1.14 bits per heavy atom. The molecule has 2 rings (SSSR count). The summed E-state index contributed by atoms with van der Waals surface area (Å²) in [6, 6.07) is 23.3. The molecule has 2 aromatic carbocycles. The molecule has 0 radical (unpaired) electrons. The molecule has 0 spiro atoms. The Bertz CT molecular complexity index is 726. The topological polar surface area (TPSA) is 9.23 Å². The van der Waals surface area contributed by atoms with Crippen molar-refractivity contribution < 1.29 is 4.43 Å². The maximum absolute atomic E-state index is 6.35. The van der Waals surface area contributed by atoms with E-state index in [2.05, 4.69) is 121 Å². The van der Waals surface area contributed by atoms with Crippen molar-refractivity contribution in [3.63, 3.8) is 0 Å². The van der Waals surface area contributed by atoms with Crippen LogP contribution in [-0.2, 0) is 4.43 Å². The van der Waals surface area contributed by atoms with Crippen LogP contribution in [0, 0.1) is 0 Å². The van der Waals surface area contributed by atoms with Crippen molar-refractivity contribution in [3.05, 3.63) is 73.0 Å². The molecule has 0 aliphatic carbocycles. The Labute approximate surface area is 175 Å². The smallest absolute Gasteiger partial charge is 0.249 e. The summed E-state index contributed by atoms with van der Waals surface area (Å²) in [5.41, 5.74) is 0. The summed E-state index contributed by atoms with van der Waals surface area (Å²) in [5, 5.41) is 3.38. The molecular formula is C25H38OSi2. The second kappa shape index (κ2) is 8.42. The normalized spacial score (nSPS) is 13.7. The standard InChI is InChI=1S/C25H38OSi2/c1-24(2,3)27(7,8)26-20-15-21-28(25(4,5)6,22-16-11-9-12-17-22)23-18-13-10-14-19-23/h9-20H,21H2,1-8H3/b20-15-. The van der Waals surface area contributed by atoms with Crippen LogP contribution in [0.5, 0.6) is 0 Å². The van der Waals surface area contributed by atoms with Crippen molar-refractivity contribution in [2.24, 2.45) is 0 Å². The fourth-order valence-corrected chi connectivity index (χ4v) is 9.55. The van der Waals surface area contributed by atoms with Gasteiger partial charge in [0.15, 0.2) is 0 Å². The highest BCUT2D eigenvalue weighted by atomic mass is 28.4. The molecule has 3 heteroatoms. The third-order valence-corrected chi connectivity index (χ3v) is 16.9. The van der Waals surface area contributed by atoms with E-state index < -0.39 is 16.4 Å². The molecule has 0 amide bonds. The van der Waals surface area contributed by atoms with E-state index in [1.807, 2.05) is 6.26 Å². The van der Waals surface area contributed by atoms with Gasteiger partial charge in [-0.1, -0.05) is 119 Å². The zero-order valence-corrected chi connectivity index (χ0v) is 21.0. The maximum Gasteiger partial charge on any atom is 0.249 e. The molecule has 0 saturated carbocycles. The average molecular weight is 411 g/mol.